The van der Waals surface area contributed by atoms with Crippen LogP contribution in [0.4, 0.5) is 22.0 Å². The van der Waals surface area contributed by atoms with E-state index < -0.39 is 23.3 Å². The third-order valence-corrected chi connectivity index (χ3v) is 8.43. The summed E-state index contributed by atoms with van der Waals surface area (Å²) < 4.78 is 71.2. The van der Waals surface area contributed by atoms with Crippen LogP contribution in [0.15, 0.2) is 54.6 Å². The zero-order valence-electron chi connectivity index (χ0n) is 26.3. The maximum atomic E-state index is 12.8. The van der Waals surface area contributed by atoms with E-state index in [-0.39, 0.29) is 34.3 Å². The van der Waals surface area contributed by atoms with E-state index in [1.165, 1.54) is 31.4 Å². The SMILES string of the molecule is CC(=O)c1sc2cc(Cl)ccc2c1C.CCOC(C)=O.COC(=O)CS.Fc1cc(Cl)ccc1I.O=C(c1ccc(Cl)cc1F)C(F)(F)F. The van der Waals surface area contributed by atoms with Gasteiger partial charge in [0.25, 0.3) is 5.78 Å². The number of aryl methyl sites for hydroxylation is 1. The number of carbonyl (C=O) groups is 4. The van der Waals surface area contributed by atoms with Gasteiger partial charge in [-0.2, -0.15) is 25.8 Å². The first kappa shape index (κ1) is 46.5. The monoisotopic (exact) mass is 900 g/mol. The van der Waals surface area contributed by atoms with E-state index in [9.17, 15) is 41.1 Å². The van der Waals surface area contributed by atoms with Gasteiger partial charge in [-0.25, -0.2) is 8.78 Å². The Morgan fingerprint density at radius 3 is 1.76 bits per heavy atom. The topological polar surface area (TPSA) is 86.7 Å². The van der Waals surface area contributed by atoms with Crippen LogP contribution in [0, 0.1) is 22.1 Å². The summed E-state index contributed by atoms with van der Waals surface area (Å²) >= 11 is 23.7. The van der Waals surface area contributed by atoms with Crippen molar-refractivity contribution in [2.24, 2.45) is 0 Å². The van der Waals surface area contributed by atoms with Crippen molar-refractivity contribution >= 4 is 115 Å². The van der Waals surface area contributed by atoms with Gasteiger partial charge in [-0.15, -0.1) is 11.3 Å². The lowest BCUT2D eigenvalue weighted by atomic mass is 10.1. The van der Waals surface area contributed by atoms with E-state index in [0.717, 1.165) is 26.6 Å². The van der Waals surface area contributed by atoms with Crippen LogP contribution >= 0.6 is 81.4 Å². The van der Waals surface area contributed by atoms with Crippen LogP contribution in [0.5, 0.6) is 0 Å². The van der Waals surface area contributed by atoms with Gasteiger partial charge >= 0.3 is 18.1 Å². The average molecular weight is 902 g/mol. The Labute approximate surface area is 317 Å². The summed E-state index contributed by atoms with van der Waals surface area (Å²) in [5, 5.41) is 2.22. The lowest BCUT2D eigenvalue weighted by Gasteiger charge is -2.05. The number of halogens is 9. The summed E-state index contributed by atoms with van der Waals surface area (Å²) in [5.74, 6) is -3.97. The molecule has 0 aliphatic heterocycles. The number of carbonyl (C=O) groups excluding carboxylic acids is 4. The lowest BCUT2D eigenvalue weighted by Crippen LogP contribution is -2.23. The molecule has 0 bridgehead atoms. The van der Waals surface area contributed by atoms with Gasteiger partial charge in [0.1, 0.15) is 11.6 Å². The third kappa shape index (κ3) is 17.8. The molecule has 6 nitrogen and oxygen atoms in total. The van der Waals surface area contributed by atoms with Gasteiger partial charge in [0.15, 0.2) is 5.78 Å². The maximum absolute atomic E-state index is 12.8. The van der Waals surface area contributed by atoms with Crippen molar-refractivity contribution in [3.8, 4) is 0 Å². The van der Waals surface area contributed by atoms with Crippen molar-refractivity contribution < 1.29 is 50.6 Å². The highest BCUT2D eigenvalue weighted by atomic mass is 127. The Hall–Kier alpha value is -2.50. The van der Waals surface area contributed by atoms with Crippen molar-refractivity contribution in [2.75, 3.05) is 19.5 Å². The molecule has 0 saturated carbocycles. The average Bonchev–Trinajstić information content (AvgIpc) is 3.34. The highest BCUT2D eigenvalue weighted by Crippen LogP contribution is 2.32. The lowest BCUT2D eigenvalue weighted by molar-refractivity contribution is -0.140. The van der Waals surface area contributed by atoms with Crippen LogP contribution in [0.25, 0.3) is 10.1 Å². The van der Waals surface area contributed by atoms with E-state index in [2.05, 4.69) is 22.1 Å². The summed E-state index contributed by atoms with van der Waals surface area (Å²) in [6.45, 7) is 7.23. The number of rotatable bonds is 4. The zero-order valence-corrected chi connectivity index (χ0v) is 32.5. The molecule has 0 atom stereocenters. The Morgan fingerprint density at radius 1 is 0.878 bits per heavy atom. The minimum Gasteiger partial charge on any atom is -0.468 e. The molecule has 49 heavy (non-hydrogen) atoms. The molecular weight excluding hydrogens is 873 g/mol. The van der Waals surface area contributed by atoms with Crippen molar-refractivity contribution in [3.05, 3.63) is 101 Å². The third-order valence-electron chi connectivity index (χ3n) is 5.24. The first-order valence-corrected chi connectivity index (χ1v) is 17.0. The molecule has 268 valence electrons. The predicted molar refractivity (Wildman–Crippen MR) is 196 cm³/mol. The van der Waals surface area contributed by atoms with Crippen LogP contribution in [-0.4, -0.2) is 49.2 Å². The molecule has 0 aliphatic carbocycles. The van der Waals surface area contributed by atoms with Crippen LogP contribution in [0.2, 0.25) is 15.1 Å². The van der Waals surface area contributed by atoms with Crippen LogP contribution in [0.3, 0.4) is 0 Å². The van der Waals surface area contributed by atoms with Gasteiger partial charge in [-0.05, 0) is 103 Å². The number of methoxy groups -OCH3 is 1. The minimum absolute atomic E-state index is 0.0683. The fourth-order valence-corrected chi connectivity index (χ4v) is 5.26. The predicted octanol–water partition coefficient (Wildman–Crippen LogP) is 11.0. The smallest absolute Gasteiger partial charge is 0.454 e. The van der Waals surface area contributed by atoms with Crippen molar-refractivity contribution in [1.82, 2.24) is 0 Å². The Morgan fingerprint density at radius 2 is 1.39 bits per heavy atom. The number of hydrogen-bond acceptors (Lipinski definition) is 8. The van der Waals surface area contributed by atoms with Gasteiger partial charge in [0.2, 0.25) is 0 Å². The fourth-order valence-electron chi connectivity index (χ4n) is 3.10. The van der Waals surface area contributed by atoms with E-state index in [4.69, 9.17) is 34.8 Å². The summed E-state index contributed by atoms with van der Waals surface area (Å²) in [6.07, 6.45) is -5.07. The van der Waals surface area contributed by atoms with Crippen molar-refractivity contribution in [1.29, 1.82) is 0 Å². The summed E-state index contributed by atoms with van der Waals surface area (Å²) in [5.41, 5.74) is 0.0380. The molecule has 1 heterocycles. The number of thiophene rings is 1. The summed E-state index contributed by atoms with van der Waals surface area (Å²) in [7, 11) is 1.33. The van der Waals surface area contributed by atoms with Gasteiger partial charge in [0, 0.05) is 30.3 Å². The summed E-state index contributed by atoms with van der Waals surface area (Å²) in [4.78, 5) is 42.4. The number of benzene rings is 3. The molecule has 17 heteroatoms. The van der Waals surface area contributed by atoms with E-state index >= 15 is 0 Å². The number of thiol groups is 1. The maximum Gasteiger partial charge on any atom is 0.454 e. The normalized spacial score (nSPS) is 10.0. The molecule has 4 aromatic rings. The number of ketones is 2. The largest absolute Gasteiger partial charge is 0.468 e. The van der Waals surface area contributed by atoms with E-state index in [1.54, 1.807) is 26.0 Å². The van der Waals surface area contributed by atoms with Crippen molar-refractivity contribution in [3.63, 3.8) is 0 Å². The molecule has 3 aromatic carbocycles. The van der Waals surface area contributed by atoms with Gasteiger partial charge in [-0.1, -0.05) is 40.9 Å². The van der Waals surface area contributed by atoms with Crippen molar-refractivity contribution in [2.45, 2.75) is 33.9 Å². The molecule has 0 aliphatic rings. The summed E-state index contributed by atoms with van der Waals surface area (Å²) in [6, 6.07) is 12.7. The standard InChI is InChI=1S/C11H9ClOS.C8H3ClF4O.C6H3ClFI.C4H8O2.C3H6O2S/c1-6-9-4-3-8(12)5-10(9)14-11(6)7(2)13;9-4-1-2-5(6(10)3-4)7(14)8(11,12)13;7-4-1-2-6(9)5(8)3-4;1-3-6-4(2)5;1-5-3(4)2-6/h3-5H,1-2H3;1-3H;1-3H;3H2,1-2H3;6H,2H2,1H3. The molecule has 4 rings (SSSR count). The number of Topliss-reactive ketones (excluding diaryl/α,β-unsaturated/α-hetero) is 2. The number of ether oxygens (including phenoxy) is 2. The molecule has 0 N–H and O–H groups in total. The first-order valence-electron chi connectivity index (χ1n) is 13.4. The molecule has 0 fully saturated rings. The van der Waals surface area contributed by atoms with Crippen LogP contribution in [-0.2, 0) is 19.1 Å². The highest BCUT2D eigenvalue weighted by Gasteiger charge is 2.40. The van der Waals surface area contributed by atoms with E-state index in [0.29, 0.717) is 32.4 Å². The van der Waals surface area contributed by atoms with Gasteiger partial charge < -0.3 is 9.47 Å². The molecule has 0 amide bonds. The Kier molecular flexibility index (Phi) is 21.9. The number of alkyl halides is 3. The Balaban J connectivity index is 0.000000617. The van der Waals surface area contributed by atoms with Gasteiger partial charge in [0.05, 0.1) is 29.9 Å². The second kappa shape index (κ2) is 23.1. The second-order valence-corrected chi connectivity index (χ2v) is 12.8. The van der Waals surface area contributed by atoms with E-state index in [1.807, 2.05) is 47.7 Å². The minimum atomic E-state index is -5.07. The number of hydrogen-bond donors (Lipinski definition) is 1. The quantitative estimate of drug-likeness (QED) is 0.0548. The zero-order chi connectivity index (χ0) is 38.1. The molecule has 0 spiro atoms. The Bertz CT molecular complexity index is 1730. The van der Waals surface area contributed by atoms with Crippen LogP contribution in [0.1, 0.15) is 46.4 Å². The van der Waals surface area contributed by atoms with Gasteiger partial charge in [-0.3, -0.25) is 19.2 Å². The number of esters is 2. The molecule has 0 radical (unpaired) electrons. The fraction of sp³-hybridized carbons (Fsp3) is 0.250. The molecule has 0 saturated heterocycles. The molecule has 1 aromatic heterocycles. The highest BCUT2D eigenvalue weighted by molar-refractivity contribution is 14.1. The molecule has 0 unspecified atom stereocenters. The number of fused-ring (bicyclic) bond motifs is 1. The first-order chi connectivity index (χ1) is 22.7. The second-order valence-electron chi connectivity index (χ2n) is 8.92. The molecular formula is C32H29Cl3F5IO6S2. The van der Waals surface area contributed by atoms with Crippen LogP contribution < -0.4 is 0 Å².